The van der Waals surface area contributed by atoms with E-state index in [9.17, 15) is 4.57 Å². The van der Waals surface area contributed by atoms with Gasteiger partial charge in [0.1, 0.15) is 0 Å². The van der Waals surface area contributed by atoms with Crippen LogP contribution in [0.3, 0.4) is 0 Å². The fraction of sp³-hybridized carbons (Fsp3) is 0. The molecule has 0 saturated carbocycles. The summed E-state index contributed by atoms with van der Waals surface area (Å²) in [6.07, 6.45) is 0. The second-order valence-electron chi connectivity index (χ2n) is 0.682. The third-order valence-corrected chi connectivity index (χ3v) is 0. The Morgan fingerprint density at radius 2 is 1.60 bits per heavy atom. The molecule has 0 radical (unpaired) electrons. The average molecular weight is 255 g/mol. The van der Waals surface area contributed by atoms with Crippen molar-refractivity contribution in [3.8, 4) is 0 Å². The summed E-state index contributed by atoms with van der Waals surface area (Å²) in [5, 5.41) is 0. The highest BCUT2D eigenvalue weighted by Crippen LogP contribution is 2.51. The highest BCUT2D eigenvalue weighted by atomic mass is 36.0. The molecule has 0 aliphatic rings. The summed E-state index contributed by atoms with van der Waals surface area (Å²) in [6.45, 7) is 0. The second kappa shape index (κ2) is 8.47. The van der Waals surface area contributed by atoms with E-state index in [2.05, 4.69) is 4.90 Å². The van der Waals surface area contributed by atoms with Crippen molar-refractivity contribution in [1.29, 1.82) is 1.43 Å². The maximum absolute atomic E-state index is 9.28. The predicted molar refractivity (Wildman–Crippen MR) is 42.4 cm³/mol. The van der Waals surface area contributed by atoms with Crippen LogP contribution in [0.15, 0.2) is 0 Å². The Bertz CT molecular complexity index is 113. The Morgan fingerprint density at radius 1 is 1.50 bits per heavy atom. The van der Waals surface area contributed by atoms with Crippen LogP contribution >= 0.6 is 47.5 Å². The number of phosphoric acid groups is 1. The average Bonchev–Trinajstić information content (AvgIpc) is 1.90. The lowest BCUT2D eigenvalue weighted by atomic mass is 15.8. The predicted octanol–water partition coefficient (Wildman–Crippen LogP) is 1.18. The zero-order valence-corrected chi connectivity index (χ0v) is 8.24. The Morgan fingerprint density at radius 3 is 1.60 bits per heavy atom. The van der Waals surface area contributed by atoms with Gasteiger partial charge in [0.2, 0.25) is 2.86 Å². The Balaban J connectivity index is -0.000000118. The van der Waals surface area contributed by atoms with Crippen molar-refractivity contribution in [2.75, 3.05) is 0 Å². The van der Waals surface area contributed by atoms with Crippen LogP contribution < -0.4 is 0 Å². The monoisotopic (exact) mass is 254 g/mol. The summed E-state index contributed by atoms with van der Waals surface area (Å²) in [5.74, 6) is -1.20. The second-order valence-corrected chi connectivity index (χ2v) is 6.65. The van der Waals surface area contributed by atoms with E-state index in [4.69, 9.17) is 51.9 Å². The third-order valence-electron chi connectivity index (χ3n) is 0. The van der Waals surface area contributed by atoms with Crippen LogP contribution in [0.4, 0.5) is 0 Å². The fourth-order valence-electron chi connectivity index (χ4n) is 0. The summed E-state index contributed by atoms with van der Waals surface area (Å²) >= 11 is 14.6. The van der Waals surface area contributed by atoms with Crippen LogP contribution in [0, 0.1) is 0 Å². The van der Waals surface area contributed by atoms with Crippen molar-refractivity contribution >= 4 is 47.5 Å². The van der Waals surface area contributed by atoms with E-state index < -0.39 is 13.8 Å². The lowest BCUT2D eigenvalue weighted by Crippen LogP contribution is -1.66. The SMILES string of the molecule is ClP(Cl)Cl.[2H]O.[2H]OP(=O)(O)O. The van der Waals surface area contributed by atoms with E-state index in [-0.39, 0.29) is 0 Å². The van der Waals surface area contributed by atoms with Gasteiger partial charge in [-0.3, -0.25) is 0 Å². The van der Waals surface area contributed by atoms with Crippen molar-refractivity contribution in [3.63, 3.8) is 0 Å². The minimum atomic E-state index is -4.48. The Kier molecular flexibility index (Phi) is 9.63. The smallest absolute Gasteiger partial charge is 0.412 e. The molecule has 5 nitrogen and oxygen atoms in total. The molecule has 0 rings (SSSR count). The van der Waals surface area contributed by atoms with Gasteiger partial charge in [-0.25, -0.2) is 4.57 Å². The highest BCUT2D eigenvalue weighted by Gasteiger charge is 2.00. The van der Waals surface area contributed by atoms with E-state index >= 15 is 0 Å². The molecule has 0 unspecified atom stereocenters. The van der Waals surface area contributed by atoms with Crippen molar-refractivity contribution in [2.45, 2.75) is 0 Å². The van der Waals surface area contributed by atoms with Gasteiger partial charge in [0.25, 0.3) is 0 Å². The molecule has 66 valence electrons. The first-order valence-corrected chi connectivity index (χ1v) is 6.86. The van der Waals surface area contributed by atoms with E-state index in [0.717, 1.165) is 0 Å². The van der Waals surface area contributed by atoms with E-state index in [1.807, 2.05) is 0 Å². The van der Waals surface area contributed by atoms with Crippen LogP contribution in [-0.2, 0) is 4.57 Å². The Labute approximate surface area is 75.6 Å². The van der Waals surface area contributed by atoms with Gasteiger partial charge in [0, 0.05) is 0 Å². The molecule has 0 fully saturated rings. The maximum Gasteiger partial charge on any atom is 0.466 e. The molecule has 0 aromatic carbocycles. The van der Waals surface area contributed by atoms with Crippen LogP contribution in [0.5, 0.6) is 0 Å². The maximum atomic E-state index is 9.28. The quantitative estimate of drug-likeness (QED) is 0.611. The van der Waals surface area contributed by atoms with Gasteiger partial charge in [-0.1, -0.05) is 33.7 Å². The summed E-state index contributed by atoms with van der Waals surface area (Å²) in [6, 6.07) is 0. The zero-order chi connectivity index (χ0) is 10.8. The molecular weight excluding hydrogens is 248 g/mol. The molecule has 5 N–H and O–H groups in total. The summed E-state index contributed by atoms with van der Waals surface area (Å²) < 4.78 is 19.6. The first-order valence-electron chi connectivity index (χ1n) is 2.13. The van der Waals surface area contributed by atoms with Gasteiger partial charge in [-0.05, 0) is 0 Å². The first-order chi connectivity index (χ1) is 5.29. The molecule has 0 aliphatic carbocycles. The van der Waals surface area contributed by atoms with Crippen molar-refractivity contribution in [3.05, 3.63) is 0 Å². The molecule has 0 atom stereocenters. The van der Waals surface area contributed by atoms with E-state index in [1.165, 1.54) is 0 Å². The standard InChI is InChI=1S/Cl3P.H3O4P.H2O/c1-4(2)3;1-5(2,3)4;/h;(H3,1,2,3,4);1H2/i/hD2. The molecular formula is H5Cl3O5P2. The minimum absolute atomic E-state index is 1.20. The van der Waals surface area contributed by atoms with E-state index in [0.29, 0.717) is 0 Å². The summed E-state index contributed by atoms with van der Waals surface area (Å²) in [7, 11) is -4.48. The Hall–Kier alpha value is 1.37. The van der Waals surface area contributed by atoms with Crippen molar-refractivity contribution < 1.29 is 26.2 Å². The number of halogens is 3. The number of rotatable bonds is 1. The molecule has 0 aromatic rings. The molecule has 0 spiro atoms. The van der Waals surface area contributed by atoms with Crippen LogP contribution in [0.1, 0.15) is 1.43 Å². The number of hydrogen-bond acceptors (Lipinski definition) is 2. The lowest BCUT2D eigenvalue weighted by Gasteiger charge is -1.82. The summed E-state index contributed by atoms with van der Waals surface area (Å²) in [5.41, 5.74) is 6.25. The first kappa shape index (κ1) is 11.4. The van der Waals surface area contributed by atoms with Crippen molar-refractivity contribution in [1.82, 2.24) is 0 Å². The molecule has 10 heavy (non-hydrogen) atoms. The zero-order valence-electron chi connectivity index (χ0n) is 6.19. The fourth-order valence-corrected chi connectivity index (χ4v) is 0. The summed E-state index contributed by atoms with van der Waals surface area (Å²) in [4.78, 5) is 17.9. The molecule has 10 heteroatoms. The molecule has 0 bridgehead atoms. The van der Waals surface area contributed by atoms with Gasteiger partial charge in [0.05, 0.1) is 0 Å². The highest BCUT2D eigenvalue weighted by molar-refractivity contribution is 8.20. The normalized spacial score (nSPS) is 11.5. The van der Waals surface area contributed by atoms with Gasteiger partial charge >= 0.3 is 7.82 Å². The molecule has 0 heterocycles. The van der Waals surface area contributed by atoms with Gasteiger partial charge in [0.15, 0.2) is 5.98 Å². The lowest BCUT2D eigenvalue weighted by molar-refractivity contribution is 0.275. The van der Waals surface area contributed by atoms with Gasteiger partial charge < -0.3 is 20.2 Å². The molecule has 0 saturated heterocycles. The molecule has 0 aromatic heterocycles. The number of hydrogen-bond donors (Lipinski definition) is 3. The minimum Gasteiger partial charge on any atom is -0.412 e. The van der Waals surface area contributed by atoms with Crippen LogP contribution in [0.2, 0.25) is 0 Å². The largest absolute Gasteiger partial charge is 0.466 e. The molecule has 0 amide bonds. The van der Waals surface area contributed by atoms with Crippen LogP contribution in [0.25, 0.3) is 0 Å². The van der Waals surface area contributed by atoms with Gasteiger partial charge in [-0.15, -0.1) is 0 Å². The van der Waals surface area contributed by atoms with Crippen LogP contribution in [-0.4, -0.2) is 21.6 Å². The van der Waals surface area contributed by atoms with E-state index in [1.54, 1.807) is 0 Å². The third kappa shape index (κ3) is 350. The van der Waals surface area contributed by atoms with Crippen molar-refractivity contribution in [2.24, 2.45) is 0 Å². The molecule has 0 aliphatic heterocycles. The van der Waals surface area contributed by atoms with Gasteiger partial charge in [-0.2, -0.15) is 0 Å². The topological polar surface area (TPSA) is 109 Å².